The molecule has 0 atom stereocenters. The van der Waals surface area contributed by atoms with Gasteiger partial charge >= 0.3 is 0 Å². The number of anilines is 2. The average Bonchev–Trinajstić information content (AvgIpc) is 2.30. The standard InChI is InChI=1S/C10H10N6/c11-9-8(10(12)14-6-13-9)16-15-7-4-2-1-3-5-7/h1-6H,(H4,11,12,13,14). The lowest BCUT2D eigenvalue weighted by molar-refractivity contribution is 1.14. The van der Waals surface area contributed by atoms with Gasteiger partial charge < -0.3 is 11.5 Å². The lowest BCUT2D eigenvalue weighted by Crippen LogP contribution is -1.97. The van der Waals surface area contributed by atoms with Crippen molar-refractivity contribution in [2.24, 2.45) is 10.2 Å². The maximum Gasteiger partial charge on any atom is 0.170 e. The minimum Gasteiger partial charge on any atom is -0.382 e. The van der Waals surface area contributed by atoms with Crippen LogP contribution in [0.3, 0.4) is 0 Å². The molecule has 0 bridgehead atoms. The van der Waals surface area contributed by atoms with Gasteiger partial charge in [-0.2, -0.15) is 5.11 Å². The van der Waals surface area contributed by atoms with Crippen LogP contribution in [0.5, 0.6) is 0 Å². The van der Waals surface area contributed by atoms with E-state index in [0.29, 0.717) is 11.4 Å². The molecule has 6 nitrogen and oxygen atoms in total. The molecule has 1 aromatic heterocycles. The Labute approximate surface area is 92.1 Å². The molecule has 6 heteroatoms. The van der Waals surface area contributed by atoms with Crippen LogP contribution in [0.2, 0.25) is 0 Å². The van der Waals surface area contributed by atoms with Gasteiger partial charge in [-0.05, 0) is 12.1 Å². The topological polar surface area (TPSA) is 103 Å². The predicted molar refractivity (Wildman–Crippen MR) is 61.5 cm³/mol. The van der Waals surface area contributed by atoms with Crippen molar-refractivity contribution in [3.63, 3.8) is 0 Å². The fraction of sp³-hybridized carbons (Fsp3) is 0. The van der Waals surface area contributed by atoms with Gasteiger partial charge in [-0.3, -0.25) is 0 Å². The number of nitrogen functional groups attached to an aromatic ring is 2. The molecule has 1 aromatic carbocycles. The molecule has 0 spiro atoms. The molecule has 0 saturated heterocycles. The molecule has 0 radical (unpaired) electrons. The van der Waals surface area contributed by atoms with Crippen molar-refractivity contribution in [1.82, 2.24) is 9.97 Å². The fourth-order valence-electron chi connectivity index (χ4n) is 1.11. The van der Waals surface area contributed by atoms with E-state index in [4.69, 9.17) is 11.5 Å². The van der Waals surface area contributed by atoms with E-state index in [1.54, 1.807) is 0 Å². The molecule has 80 valence electrons. The van der Waals surface area contributed by atoms with Crippen LogP contribution in [0.25, 0.3) is 0 Å². The summed E-state index contributed by atoms with van der Waals surface area (Å²) in [5, 5.41) is 7.91. The van der Waals surface area contributed by atoms with Crippen LogP contribution >= 0.6 is 0 Å². The lowest BCUT2D eigenvalue weighted by Gasteiger charge is -1.99. The van der Waals surface area contributed by atoms with E-state index in [0.717, 1.165) is 0 Å². The predicted octanol–water partition coefficient (Wildman–Crippen LogP) is 2.06. The largest absolute Gasteiger partial charge is 0.382 e. The summed E-state index contributed by atoms with van der Waals surface area (Å²) in [6.45, 7) is 0. The highest BCUT2D eigenvalue weighted by Gasteiger charge is 2.04. The lowest BCUT2D eigenvalue weighted by atomic mass is 10.3. The molecule has 16 heavy (non-hydrogen) atoms. The Balaban J connectivity index is 2.31. The molecular weight excluding hydrogens is 204 g/mol. The van der Waals surface area contributed by atoms with E-state index in [1.165, 1.54) is 6.33 Å². The van der Waals surface area contributed by atoms with Crippen molar-refractivity contribution < 1.29 is 0 Å². The first kappa shape index (κ1) is 10.0. The number of hydrogen-bond donors (Lipinski definition) is 2. The van der Waals surface area contributed by atoms with Gasteiger partial charge in [0.1, 0.15) is 6.33 Å². The molecule has 0 unspecified atom stereocenters. The number of hydrogen-bond acceptors (Lipinski definition) is 6. The van der Waals surface area contributed by atoms with Gasteiger partial charge in [0.15, 0.2) is 17.3 Å². The van der Waals surface area contributed by atoms with Crippen molar-refractivity contribution in [1.29, 1.82) is 0 Å². The zero-order chi connectivity index (χ0) is 11.4. The van der Waals surface area contributed by atoms with Crippen LogP contribution in [0.1, 0.15) is 0 Å². The van der Waals surface area contributed by atoms with Gasteiger partial charge in [0.05, 0.1) is 5.69 Å². The summed E-state index contributed by atoms with van der Waals surface area (Å²) in [4.78, 5) is 7.57. The number of nitrogens with two attached hydrogens (primary N) is 2. The van der Waals surface area contributed by atoms with E-state index < -0.39 is 0 Å². The van der Waals surface area contributed by atoms with Gasteiger partial charge in [0.2, 0.25) is 0 Å². The number of nitrogens with zero attached hydrogens (tertiary/aromatic N) is 4. The quantitative estimate of drug-likeness (QED) is 0.746. The van der Waals surface area contributed by atoms with Gasteiger partial charge in [0.25, 0.3) is 0 Å². The third kappa shape index (κ3) is 2.11. The Morgan fingerprint density at radius 2 is 1.50 bits per heavy atom. The summed E-state index contributed by atoms with van der Waals surface area (Å²) < 4.78 is 0. The SMILES string of the molecule is Nc1ncnc(N)c1N=Nc1ccccc1. The van der Waals surface area contributed by atoms with Crippen LogP contribution < -0.4 is 11.5 Å². The minimum atomic E-state index is 0.215. The van der Waals surface area contributed by atoms with Crippen molar-refractivity contribution in [2.75, 3.05) is 11.5 Å². The molecule has 2 aromatic rings. The Hall–Kier alpha value is -2.50. The number of rotatable bonds is 2. The highest BCUT2D eigenvalue weighted by Crippen LogP contribution is 2.26. The first-order valence-electron chi connectivity index (χ1n) is 4.60. The van der Waals surface area contributed by atoms with Crippen LogP contribution in [-0.4, -0.2) is 9.97 Å². The molecule has 2 rings (SSSR count). The molecule has 0 amide bonds. The summed E-state index contributed by atoms with van der Waals surface area (Å²) in [6.07, 6.45) is 1.28. The zero-order valence-corrected chi connectivity index (χ0v) is 8.41. The van der Waals surface area contributed by atoms with Gasteiger partial charge in [-0.25, -0.2) is 9.97 Å². The zero-order valence-electron chi connectivity index (χ0n) is 8.41. The monoisotopic (exact) mass is 214 g/mol. The Kier molecular flexibility index (Phi) is 2.73. The first-order chi connectivity index (χ1) is 7.77. The Morgan fingerprint density at radius 1 is 0.875 bits per heavy atom. The van der Waals surface area contributed by atoms with Crippen molar-refractivity contribution in [2.45, 2.75) is 0 Å². The van der Waals surface area contributed by atoms with E-state index in [9.17, 15) is 0 Å². The third-order valence-corrected chi connectivity index (χ3v) is 1.90. The summed E-state index contributed by atoms with van der Waals surface area (Å²) in [5.41, 5.74) is 12.2. The molecule has 0 saturated carbocycles. The summed E-state index contributed by atoms with van der Waals surface area (Å²) in [7, 11) is 0. The van der Waals surface area contributed by atoms with Crippen LogP contribution in [0, 0.1) is 0 Å². The normalized spacial score (nSPS) is 10.8. The second-order valence-corrected chi connectivity index (χ2v) is 3.03. The second-order valence-electron chi connectivity index (χ2n) is 3.03. The van der Waals surface area contributed by atoms with Crippen molar-refractivity contribution >= 4 is 23.0 Å². The molecular formula is C10H10N6. The molecule has 0 fully saturated rings. The smallest absolute Gasteiger partial charge is 0.170 e. The Bertz CT molecular complexity index is 488. The first-order valence-corrected chi connectivity index (χ1v) is 4.60. The maximum atomic E-state index is 5.60. The van der Waals surface area contributed by atoms with Crippen molar-refractivity contribution in [3.05, 3.63) is 36.7 Å². The highest BCUT2D eigenvalue weighted by molar-refractivity contribution is 5.69. The fourth-order valence-corrected chi connectivity index (χ4v) is 1.11. The van der Waals surface area contributed by atoms with Gasteiger partial charge in [-0.1, -0.05) is 18.2 Å². The third-order valence-electron chi connectivity index (χ3n) is 1.90. The van der Waals surface area contributed by atoms with E-state index in [-0.39, 0.29) is 11.6 Å². The number of aromatic nitrogens is 2. The molecule has 0 aliphatic carbocycles. The van der Waals surface area contributed by atoms with E-state index >= 15 is 0 Å². The van der Waals surface area contributed by atoms with Crippen LogP contribution in [-0.2, 0) is 0 Å². The molecule has 4 N–H and O–H groups in total. The van der Waals surface area contributed by atoms with E-state index in [1.807, 2.05) is 30.3 Å². The average molecular weight is 214 g/mol. The maximum absolute atomic E-state index is 5.60. The highest BCUT2D eigenvalue weighted by atomic mass is 15.1. The van der Waals surface area contributed by atoms with Crippen LogP contribution in [0.15, 0.2) is 46.9 Å². The number of azo groups is 1. The van der Waals surface area contributed by atoms with Gasteiger partial charge in [0, 0.05) is 0 Å². The summed E-state index contributed by atoms with van der Waals surface area (Å²) >= 11 is 0. The molecule has 0 aliphatic heterocycles. The van der Waals surface area contributed by atoms with Gasteiger partial charge in [-0.15, -0.1) is 5.11 Å². The second kappa shape index (κ2) is 4.35. The number of benzene rings is 1. The molecule has 1 heterocycles. The summed E-state index contributed by atoms with van der Waals surface area (Å²) in [6, 6.07) is 9.26. The minimum absolute atomic E-state index is 0.215. The Morgan fingerprint density at radius 3 is 2.12 bits per heavy atom. The molecule has 0 aliphatic rings. The van der Waals surface area contributed by atoms with Crippen molar-refractivity contribution in [3.8, 4) is 0 Å². The van der Waals surface area contributed by atoms with E-state index in [2.05, 4.69) is 20.2 Å². The summed E-state index contributed by atoms with van der Waals surface area (Å²) in [5.74, 6) is 0.430. The van der Waals surface area contributed by atoms with Crippen LogP contribution in [0.4, 0.5) is 23.0 Å².